The van der Waals surface area contributed by atoms with E-state index in [0.29, 0.717) is 12.8 Å². The van der Waals surface area contributed by atoms with Crippen LogP contribution in [0.1, 0.15) is 19.3 Å². The molecule has 1 aliphatic rings. The van der Waals surface area contributed by atoms with Crippen LogP contribution in [0.25, 0.3) is 0 Å². The molecule has 0 radical (unpaired) electrons. The molecule has 0 aromatic heterocycles. The van der Waals surface area contributed by atoms with Crippen LogP contribution in [0, 0.1) is 5.41 Å². The molecular weight excluding hydrogens is 192 g/mol. The summed E-state index contributed by atoms with van der Waals surface area (Å²) in [5.41, 5.74) is -1.00. The third-order valence-electron chi connectivity index (χ3n) is 2.39. The van der Waals surface area contributed by atoms with Crippen LogP contribution in [-0.2, 0) is 9.59 Å². The van der Waals surface area contributed by atoms with Gasteiger partial charge in [-0.1, -0.05) is 0 Å². The van der Waals surface area contributed by atoms with E-state index in [1.807, 2.05) is 0 Å². The van der Waals surface area contributed by atoms with Crippen LogP contribution in [0.2, 0.25) is 0 Å². The molecule has 0 aromatic rings. The van der Waals surface area contributed by atoms with Crippen molar-refractivity contribution in [2.45, 2.75) is 19.3 Å². The summed E-state index contributed by atoms with van der Waals surface area (Å²) in [6.07, 6.45) is 0.696. The average molecular weight is 204 g/mol. The molecule has 1 saturated heterocycles. The summed E-state index contributed by atoms with van der Waals surface area (Å²) in [5, 5.41) is 17.6. The molecule has 2 N–H and O–H groups in total. The summed E-state index contributed by atoms with van der Waals surface area (Å²) in [6.45, 7) is 0. The maximum absolute atomic E-state index is 10.9. The van der Waals surface area contributed by atoms with Gasteiger partial charge in [0.1, 0.15) is 0 Å². The maximum Gasteiger partial charge on any atom is 0.310 e. The van der Waals surface area contributed by atoms with Crippen molar-refractivity contribution in [2.75, 3.05) is 11.5 Å². The van der Waals surface area contributed by atoms with E-state index >= 15 is 0 Å². The van der Waals surface area contributed by atoms with Crippen LogP contribution >= 0.6 is 11.8 Å². The minimum Gasteiger partial charge on any atom is -0.481 e. The van der Waals surface area contributed by atoms with Gasteiger partial charge in [0.2, 0.25) is 0 Å². The van der Waals surface area contributed by atoms with Gasteiger partial charge >= 0.3 is 11.9 Å². The minimum absolute atomic E-state index is 0.247. The zero-order valence-electron chi connectivity index (χ0n) is 7.15. The van der Waals surface area contributed by atoms with Gasteiger partial charge in [0.25, 0.3) is 0 Å². The van der Waals surface area contributed by atoms with Gasteiger partial charge in [-0.2, -0.15) is 11.8 Å². The predicted molar refractivity (Wildman–Crippen MR) is 48.9 cm³/mol. The molecule has 5 heteroatoms. The molecular formula is C8H12O4S. The number of thioether (sulfide) groups is 1. The lowest BCUT2D eigenvalue weighted by atomic mass is 9.79. The monoisotopic (exact) mass is 204 g/mol. The van der Waals surface area contributed by atoms with Crippen LogP contribution in [0.4, 0.5) is 0 Å². The largest absolute Gasteiger partial charge is 0.481 e. The third kappa shape index (κ3) is 2.37. The molecule has 4 nitrogen and oxygen atoms in total. The molecule has 1 rings (SSSR count). The molecule has 0 amide bonds. The van der Waals surface area contributed by atoms with E-state index in [1.54, 1.807) is 11.8 Å². The summed E-state index contributed by atoms with van der Waals surface area (Å²) in [6, 6.07) is 0. The lowest BCUT2D eigenvalue weighted by Gasteiger charge is -2.31. The lowest BCUT2D eigenvalue weighted by Crippen LogP contribution is -2.37. The van der Waals surface area contributed by atoms with Crippen LogP contribution < -0.4 is 0 Å². The van der Waals surface area contributed by atoms with Crippen LogP contribution in [0.5, 0.6) is 0 Å². The Labute approximate surface area is 80.3 Å². The second-order valence-electron chi connectivity index (χ2n) is 3.27. The van der Waals surface area contributed by atoms with Crippen LogP contribution in [0.3, 0.4) is 0 Å². The highest BCUT2D eigenvalue weighted by Crippen LogP contribution is 2.38. The first-order chi connectivity index (χ1) is 6.07. The zero-order chi connectivity index (χ0) is 9.90. The molecule has 74 valence electrons. The molecule has 0 spiro atoms. The second kappa shape index (κ2) is 4.00. The van der Waals surface area contributed by atoms with Gasteiger partial charge in [0.15, 0.2) is 0 Å². The highest BCUT2D eigenvalue weighted by atomic mass is 32.2. The number of aliphatic carboxylic acids is 2. The first-order valence-corrected chi connectivity index (χ1v) is 5.25. The van der Waals surface area contributed by atoms with Crippen molar-refractivity contribution in [3.8, 4) is 0 Å². The first-order valence-electron chi connectivity index (χ1n) is 4.10. The van der Waals surface area contributed by atoms with Crippen molar-refractivity contribution in [3.05, 3.63) is 0 Å². The SMILES string of the molecule is O=C(O)CC1(C(=O)O)CCSCC1. The van der Waals surface area contributed by atoms with Crippen molar-refractivity contribution < 1.29 is 19.8 Å². The first kappa shape index (κ1) is 10.4. The maximum atomic E-state index is 10.9. The van der Waals surface area contributed by atoms with E-state index in [0.717, 1.165) is 11.5 Å². The summed E-state index contributed by atoms with van der Waals surface area (Å²) >= 11 is 1.69. The fraction of sp³-hybridized carbons (Fsp3) is 0.750. The highest BCUT2D eigenvalue weighted by molar-refractivity contribution is 7.99. The van der Waals surface area contributed by atoms with Crippen molar-refractivity contribution in [3.63, 3.8) is 0 Å². The van der Waals surface area contributed by atoms with Gasteiger partial charge in [-0.3, -0.25) is 9.59 Å². The Kier molecular flexibility index (Phi) is 3.19. The van der Waals surface area contributed by atoms with Crippen molar-refractivity contribution in [1.82, 2.24) is 0 Å². The Bertz CT molecular complexity index is 220. The highest BCUT2D eigenvalue weighted by Gasteiger charge is 2.41. The average Bonchev–Trinajstić information content (AvgIpc) is 2.04. The zero-order valence-corrected chi connectivity index (χ0v) is 7.97. The molecule has 1 heterocycles. The van der Waals surface area contributed by atoms with E-state index in [4.69, 9.17) is 10.2 Å². The van der Waals surface area contributed by atoms with Crippen LogP contribution in [0.15, 0.2) is 0 Å². The molecule has 1 fully saturated rings. The Morgan fingerprint density at radius 2 is 1.77 bits per heavy atom. The number of hydrogen-bond acceptors (Lipinski definition) is 3. The van der Waals surface area contributed by atoms with E-state index in [9.17, 15) is 9.59 Å². The number of carboxylic acid groups (broad SMARTS) is 2. The molecule has 0 atom stereocenters. The number of carbonyl (C=O) groups is 2. The summed E-state index contributed by atoms with van der Waals surface area (Å²) < 4.78 is 0. The smallest absolute Gasteiger partial charge is 0.310 e. The Morgan fingerprint density at radius 1 is 1.23 bits per heavy atom. The Balaban J connectivity index is 2.73. The molecule has 0 aromatic carbocycles. The van der Waals surface area contributed by atoms with Crippen molar-refractivity contribution >= 4 is 23.7 Å². The number of hydrogen-bond donors (Lipinski definition) is 2. The van der Waals surface area contributed by atoms with E-state index in [-0.39, 0.29) is 6.42 Å². The fourth-order valence-corrected chi connectivity index (χ4v) is 2.79. The van der Waals surface area contributed by atoms with E-state index in [2.05, 4.69) is 0 Å². The van der Waals surface area contributed by atoms with Gasteiger partial charge in [-0.05, 0) is 24.3 Å². The molecule has 1 aliphatic heterocycles. The number of rotatable bonds is 3. The van der Waals surface area contributed by atoms with Gasteiger partial charge in [-0.25, -0.2) is 0 Å². The molecule has 0 bridgehead atoms. The van der Waals surface area contributed by atoms with Crippen molar-refractivity contribution in [1.29, 1.82) is 0 Å². The summed E-state index contributed by atoms with van der Waals surface area (Å²) in [4.78, 5) is 21.4. The number of carboxylic acids is 2. The van der Waals surface area contributed by atoms with E-state index < -0.39 is 17.4 Å². The van der Waals surface area contributed by atoms with Crippen LogP contribution in [-0.4, -0.2) is 33.7 Å². The third-order valence-corrected chi connectivity index (χ3v) is 3.38. The van der Waals surface area contributed by atoms with Gasteiger partial charge in [-0.15, -0.1) is 0 Å². The van der Waals surface area contributed by atoms with E-state index in [1.165, 1.54) is 0 Å². The normalized spacial score (nSPS) is 20.9. The molecule has 13 heavy (non-hydrogen) atoms. The lowest BCUT2D eigenvalue weighted by molar-refractivity contribution is -0.156. The van der Waals surface area contributed by atoms with Gasteiger partial charge in [0.05, 0.1) is 11.8 Å². The summed E-state index contributed by atoms with van der Waals surface area (Å²) in [7, 11) is 0. The quantitative estimate of drug-likeness (QED) is 0.719. The fourth-order valence-electron chi connectivity index (χ4n) is 1.52. The Hall–Kier alpha value is -0.710. The standard InChI is InChI=1S/C8H12O4S/c9-6(10)5-8(7(11)12)1-3-13-4-2-8/h1-5H2,(H,9,10)(H,11,12). The van der Waals surface area contributed by atoms with Crippen molar-refractivity contribution in [2.24, 2.45) is 5.41 Å². The molecule has 0 saturated carbocycles. The molecule has 0 unspecified atom stereocenters. The van der Waals surface area contributed by atoms with Gasteiger partial charge in [0, 0.05) is 0 Å². The topological polar surface area (TPSA) is 74.6 Å². The second-order valence-corrected chi connectivity index (χ2v) is 4.49. The summed E-state index contributed by atoms with van der Waals surface area (Å²) in [5.74, 6) is -0.483. The van der Waals surface area contributed by atoms with Gasteiger partial charge < -0.3 is 10.2 Å². The minimum atomic E-state index is -1.02. The Morgan fingerprint density at radius 3 is 2.15 bits per heavy atom. The predicted octanol–water partition coefficient (Wildman–Crippen LogP) is 1.06. The molecule has 0 aliphatic carbocycles.